The Morgan fingerprint density at radius 1 is 1.25 bits per heavy atom. The topological polar surface area (TPSA) is 154 Å². The minimum atomic E-state index is -0.744. The summed E-state index contributed by atoms with van der Waals surface area (Å²) in [5.41, 5.74) is 3.97. The van der Waals surface area contributed by atoms with Gasteiger partial charge in [0.25, 0.3) is 11.8 Å². The van der Waals surface area contributed by atoms with E-state index >= 15 is 0 Å². The van der Waals surface area contributed by atoms with Gasteiger partial charge in [-0.2, -0.15) is 5.10 Å². The van der Waals surface area contributed by atoms with Gasteiger partial charge in [0.1, 0.15) is 0 Å². The van der Waals surface area contributed by atoms with Gasteiger partial charge in [-0.1, -0.05) is 28.1 Å². The lowest BCUT2D eigenvalue weighted by molar-refractivity contribution is -0.385. The third-order valence-corrected chi connectivity index (χ3v) is 3.79. The molecule has 0 bridgehead atoms. The van der Waals surface area contributed by atoms with Gasteiger partial charge in [0.15, 0.2) is 0 Å². The molecule has 0 fully saturated rings. The maximum absolute atomic E-state index is 12.2. The number of amides is 2. The van der Waals surface area contributed by atoms with Crippen molar-refractivity contribution in [1.82, 2.24) is 10.9 Å². The first-order valence-corrected chi connectivity index (χ1v) is 8.33. The van der Waals surface area contributed by atoms with Crippen LogP contribution in [0.2, 0.25) is 0 Å². The van der Waals surface area contributed by atoms with Gasteiger partial charge in [-0.05, 0) is 29.8 Å². The van der Waals surface area contributed by atoms with Crippen molar-refractivity contribution in [2.75, 3.05) is 0 Å². The Bertz CT molecular complexity index is 990. The lowest BCUT2D eigenvalue weighted by atomic mass is 10.1. The van der Waals surface area contributed by atoms with Crippen LogP contribution >= 0.6 is 15.9 Å². The minimum Gasteiger partial charge on any atom is -0.502 e. The SMILES string of the molecule is O=C(/C=C/c1cccc(C(=O)N/N=C/c2cc(Br)cc([N+](=O)[O-])c2O)c1)NO. The Hall–Kier alpha value is -3.57. The predicted molar refractivity (Wildman–Crippen MR) is 103 cm³/mol. The molecule has 0 aromatic heterocycles. The van der Waals surface area contributed by atoms with E-state index in [1.54, 1.807) is 12.1 Å². The van der Waals surface area contributed by atoms with Crippen molar-refractivity contribution in [2.24, 2.45) is 5.10 Å². The van der Waals surface area contributed by atoms with E-state index in [0.29, 0.717) is 10.0 Å². The number of hydrazone groups is 1. The van der Waals surface area contributed by atoms with Crippen molar-refractivity contribution < 1.29 is 24.8 Å². The molecule has 0 saturated heterocycles. The number of nitro benzene ring substituents is 1. The molecule has 2 rings (SSSR count). The molecular weight excluding hydrogens is 436 g/mol. The summed E-state index contributed by atoms with van der Waals surface area (Å²) in [6.07, 6.45) is 3.54. The molecule has 144 valence electrons. The Balaban J connectivity index is 2.14. The highest BCUT2D eigenvalue weighted by Crippen LogP contribution is 2.32. The standard InChI is InChI=1S/C17H13BrN4O6/c18-13-7-12(16(24)14(8-13)22(27)28)9-19-20-17(25)11-3-1-2-10(6-11)4-5-15(23)21-26/h1-9,24,26H,(H,20,25)(H,21,23)/b5-4+,19-9+. The van der Waals surface area contributed by atoms with E-state index in [2.05, 4.69) is 26.5 Å². The van der Waals surface area contributed by atoms with E-state index in [9.17, 15) is 24.8 Å². The van der Waals surface area contributed by atoms with Crippen LogP contribution < -0.4 is 10.9 Å². The molecule has 10 nitrogen and oxygen atoms in total. The number of carbonyl (C=O) groups excluding carboxylic acids is 2. The molecule has 28 heavy (non-hydrogen) atoms. The number of phenols is 1. The number of phenolic OH excluding ortho intramolecular Hbond substituents is 1. The fraction of sp³-hybridized carbons (Fsp3) is 0. The van der Waals surface area contributed by atoms with Crippen molar-refractivity contribution in [3.8, 4) is 5.75 Å². The molecule has 11 heteroatoms. The van der Waals surface area contributed by atoms with Crippen LogP contribution in [0.4, 0.5) is 5.69 Å². The van der Waals surface area contributed by atoms with Crippen LogP contribution in [0.15, 0.2) is 52.0 Å². The molecule has 0 aliphatic heterocycles. The summed E-state index contributed by atoms with van der Waals surface area (Å²) in [6, 6.07) is 8.75. The number of benzene rings is 2. The Kier molecular flexibility index (Phi) is 6.96. The zero-order valence-corrected chi connectivity index (χ0v) is 15.6. The summed E-state index contributed by atoms with van der Waals surface area (Å²) >= 11 is 3.10. The summed E-state index contributed by atoms with van der Waals surface area (Å²) in [6.45, 7) is 0. The van der Waals surface area contributed by atoms with Crippen molar-refractivity contribution in [1.29, 1.82) is 0 Å². The van der Waals surface area contributed by atoms with Crippen LogP contribution in [-0.4, -0.2) is 33.3 Å². The van der Waals surface area contributed by atoms with E-state index < -0.39 is 28.2 Å². The van der Waals surface area contributed by atoms with Crippen molar-refractivity contribution in [3.05, 3.63) is 73.8 Å². The number of hydrogen-bond donors (Lipinski definition) is 4. The molecule has 0 aliphatic carbocycles. The number of hydroxylamine groups is 1. The zero-order valence-electron chi connectivity index (χ0n) is 14.0. The maximum Gasteiger partial charge on any atom is 0.312 e. The fourth-order valence-corrected chi connectivity index (χ4v) is 2.52. The zero-order chi connectivity index (χ0) is 20.7. The maximum atomic E-state index is 12.2. The van der Waals surface area contributed by atoms with E-state index in [4.69, 9.17) is 5.21 Å². The van der Waals surface area contributed by atoms with E-state index in [-0.39, 0.29) is 11.1 Å². The minimum absolute atomic E-state index is 0.0353. The van der Waals surface area contributed by atoms with Gasteiger partial charge in [-0.25, -0.2) is 10.9 Å². The number of carbonyl (C=O) groups is 2. The molecule has 4 N–H and O–H groups in total. The number of nitrogens with one attached hydrogen (secondary N) is 2. The van der Waals surface area contributed by atoms with Crippen LogP contribution in [0.1, 0.15) is 21.5 Å². The number of rotatable bonds is 6. The van der Waals surface area contributed by atoms with Crippen LogP contribution in [0.25, 0.3) is 6.08 Å². The Morgan fingerprint density at radius 2 is 2.00 bits per heavy atom. The number of halogens is 1. The van der Waals surface area contributed by atoms with E-state index in [0.717, 1.165) is 18.4 Å². The predicted octanol–water partition coefficient (Wildman–Crippen LogP) is 2.35. The van der Waals surface area contributed by atoms with Crippen LogP contribution in [0.3, 0.4) is 0 Å². The second-order valence-corrected chi connectivity index (χ2v) is 6.17. The number of nitro groups is 1. The molecule has 0 heterocycles. The van der Waals surface area contributed by atoms with Gasteiger partial charge >= 0.3 is 5.69 Å². The molecular formula is C17H13BrN4O6. The largest absolute Gasteiger partial charge is 0.502 e. The third-order valence-electron chi connectivity index (χ3n) is 3.34. The van der Waals surface area contributed by atoms with E-state index in [1.807, 2.05) is 0 Å². The first kappa shape index (κ1) is 20.7. The average Bonchev–Trinajstić information content (AvgIpc) is 2.68. The lowest BCUT2D eigenvalue weighted by Crippen LogP contribution is -2.17. The Labute approximate surface area is 166 Å². The second kappa shape index (κ2) is 9.39. The monoisotopic (exact) mass is 448 g/mol. The first-order chi connectivity index (χ1) is 13.3. The lowest BCUT2D eigenvalue weighted by Gasteiger charge is -2.03. The van der Waals surface area contributed by atoms with Crippen LogP contribution in [0.5, 0.6) is 5.75 Å². The average molecular weight is 449 g/mol. The quantitative estimate of drug-likeness (QED) is 0.175. The molecule has 0 aliphatic rings. The van der Waals surface area contributed by atoms with E-state index in [1.165, 1.54) is 29.8 Å². The van der Waals surface area contributed by atoms with Gasteiger partial charge < -0.3 is 5.11 Å². The summed E-state index contributed by atoms with van der Waals surface area (Å²) in [7, 11) is 0. The summed E-state index contributed by atoms with van der Waals surface area (Å²) < 4.78 is 0.358. The highest BCUT2D eigenvalue weighted by Gasteiger charge is 2.17. The molecule has 2 aromatic rings. The summed E-state index contributed by atoms with van der Waals surface area (Å²) in [5.74, 6) is -1.88. The smallest absolute Gasteiger partial charge is 0.312 e. The van der Waals surface area contributed by atoms with Crippen molar-refractivity contribution in [2.45, 2.75) is 0 Å². The summed E-state index contributed by atoms with van der Waals surface area (Å²) in [4.78, 5) is 33.3. The van der Waals surface area contributed by atoms with Gasteiger partial charge in [0, 0.05) is 27.7 Å². The fourth-order valence-electron chi connectivity index (χ4n) is 2.06. The Morgan fingerprint density at radius 3 is 2.68 bits per heavy atom. The van der Waals surface area contributed by atoms with Crippen molar-refractivity contribution in [3.63, 3.8) is 0 Å². The molecule has 2 amide bonds. The van der Waals surface area contributed by atoms with Crippen molar-refractivity contribution >= 4 is 45.7 Å². The second-order valence-electron chi connectivity index (χ2n) is 5.25. The van der Waals surface area contributed by atoms with Gasteiger partial charge in [0.2, 0.25) is 5.75 Å². The molecule has 0 atom stereocenters. The van der Waals surface area contributed by atoms with Gasteiger partial charge in [0.05, 0.1) is 11.1 Å². The summed E-state index contributed by atoms with van der Waals surface area (Å²) in [5, 5.41) is 32.9. The number of nitrogens with zero attached hydrogens (tertiary/aromatic N) is 2. The molecule has 0 spiro atoms. The number of hydrogen-bond acceptors (Lipinski definition) is 7. The third kappa shape index (κ3) is 5.46. The normalized spacial score (nSPS) is 10.9. The first-order valence-electron chi connectivity index (χ1n) is 7.54. The molecule has 2 aromatic carbocycles. The van der Waals surface area contributed by atoms with Gasteiger partial charge in [-0.3, -0.25) is 24.9 Å². The van der Waals surface area contributed by atoms with Crippen LogP contribution in [-0.2, 0) is 4.79 Å². The molecule has 0 radical (unpaired) electrons. The highest BCUT2D eigenvalue weighted by atomic mass is 79.9. The van der Waals surface area contributed by atoms with Crippen LogP contribution in [0, 0.1) is 10.1 Å². The van der Waals surface area contributed by atoms with Gasteiger partial charge in [-0.15, -0.1) is 0 Å². The number of aromatic hydroxyl groups is 1. The highest BCUT2D eigenvalue weighted by molar-refractivity contribution is 9.10. The molecule has 0 unspecified atom stereocenters. The molecule has 0 saturated carbocycles.